The molecule has 0 heterocycles. The van der Waals surface area contributed by atoms with Gasteiger partial charge >= 0.3 is 0 Å². The summed E-state index contributed by atoms with van der Waals surface area (Å²) < 4.78 is 11.2. The molecule has 0 saturated carbocycles. The quantitative estimate of drug-likeness (QED) is 0.507. The SMILES string of the molecule is CCCOCCOCCN(Cc1ccccc1)Cc1ccc(Cl)cc1. The van der Waals surface area contributed by atoms with Crippen molar-refractivity contribution in [2.45, 2.75) is 26.4 Å². The molecular weight excluding hydrogens is 334 g/mol. The number of benzene rings is 2. The van der Waals surface area contributed by atoms with E-state index in [1.165, 1.54) is 11.1 Å². The van der Waals surface area contributed by atoms with E-state index in [4.69, 9.17) is 21.1 Å². The minimum atomic E-state index is 0.653. The van der Waals surface area contributed by atoms with Crippen molar-refractivity contribution in [3.8, 4) is 0 Å². The predicted octanol–water partition coefficient (Wildman–Crippen LogP) is 4.79. The van der Waals surface area contributed by atoms with E-state index < -0.39 is 0 Å². The van der Waals surface area contributed by atoms with E-state index in [1.807, 2.05) is 18.2 Å². The van der Waals surface area contributed by atoms with Crippen molar-refractivity contribution in [2.75, 3.05) is 33.0 Å². The van der Waals surface area contributed by atoms with E-state index in [-0.39, 0.29) is 0 Å². The molecular formula is C21H28ClNO2. The van der Waals surface area contributed by atoms with Crippen molar-refractivity contribution in [3.05, 3.63) is 70.7 Å². The van der Waals surface area contributed by atoms with Gasteiger partial charge in [0.25, 0.3) is 0 Å². The summed E-state index contributed by atoms with van der Waals surface area (Å²) in [6.45, 7) is 7.60. The summed E-state index contributed by atoms with van der Waals surface area (Å²) in [6, 6.07) is 18.6. The third-order valence-corrected chi connectivity index (χ3v) is 4.09. The first kappa shape index (κ1) is 19.9. The molecule has 0 bridgehead atoms. The van der Waals surface area contributed by atoms with Crippen LogP contribution in [0.2, 0.25) is 5.02 Å². The van der Waals surface area contributed by atoms with Crippen molar-refractivity contribution in [1.29, 1.82) is 0 Å². The molecule has 4 heteroatoms. The van der Waals surface area contributed by atoms with Gasteiger partial charge in [0.05, 0.1) is 19.8 Å². The maximum atomic E-state index is 5.99. The largest absolute Gasteiger partial charge is 0.379 e. The molecule has 2 aromatic carbocycles. The number of ether oxygens (including phenoxy) is 2. The van der Waals surface area contributed by atoms with Crippen molar-refractivity contribution in [3.63, 3.8) is 0 Å². The summed E-state index contributed by atoms with van der Waals surface area (Å²) in [5.41, 5.74) is 2.56. The van der Waals surface area contributed by atoms with E-state index in [1.54, 1.807) is 0 Å². The number of nitrogens with zero attached hydrogens (tertiary/aromatic N) is 1. The molecule has 0 saturated heterocycles. The molecule has 0 aliphatic heterocycles. The Morgan fingerprint density at radius 1 is 0.760 bits per heavy atom. The van der Waals surface area contributed by atoms with Crippen LogP contribution in [-0.4, -0.2) is 37.9 Å². The summed E-state index contributed by atoms with van der Waals surface area (Å²) in [5, 5.41) is 0.772. The van der Waals surface area contributed by atoms with Gasteiger partial charge in [0.2, 0.25) is 0 Å². The van der Waals surface area contributed by atoms with Gasteiger partial charge in [-0.05, 0) is 29.7 Å². The Hall–Kier alpha value is -1.39. The smallest absolute Gasteiger partial charge is 0.0701 e. The monoisotopic (exact) mass is 361 g/mol. The Labute approximate surface area is 156 Å². The van der Waals surface area contributed by atoms with Gasteiger partial charge in [-0.2, -0.15) is 0 Å². The predicted molar refractivity (Wildman–Crippen MR) is 104 cm³/mol. The standard InChI is InChI=1S/C21H28ClNO2/c1-2-13-24-15-16-25-14-12-23(17-19-6-4-3-5-7-19)18-20-8-10-21(22)11-9-20/h3-11H,2,12-18H2,1H3. The Morgan fingerprint density at radius 3 is 2.00 bits per heavy atom. The molecule has 0 amide bonds. The van der Waals surface area contributed by atoms with Gasteiger partial charge in [0.15, 0.2) is 0 Å². The molecule has 2 aromatic rings. The molecule has 25 heavy (non-hydrogen) atoms. The molecule has 0 unspecified atom stereocenters. The van der Waals surface area contributed by atoms with Crippen LogP contribution in [-0.2, 0) is 22.6 Å². The minimum absolute atomic E-state index is 0.653. The van der Waals surface area contributed by atoms with Crippen LogP contribution in [0.1, 0.15) is 24.5 Å². The zero-order valence-corrected chi connectivity index (χ0v) is 15.8. The van der Waals surface area contributed by atoms with Crippen LogP contribution in [0.15, 0.2) is 54.6 Å². The van der Waals surface area contributed by atoms with Crippen LogP contribution in [0.25, 0.3) is 0 Å². The van der Waals surface area contributed by atoms with Crippen molar-refractivity contribution in [2.24, 2.45) is 0 Å². The highest BCUT2D eigenvalue weighted by atomic mass is 35.5. The van der Waals surface area contributed by atoms with Gasteiger partial charge in [0, 0.05) is 31.3 Å². The maximum absolute atomic E-state index is 5.99. The summed E-state index contributed by atoms with van der Waals surface area (Å²) in [6.07, 6.45) is 1.05. The molecule has 136 valence electrons. The van der Waals surface area contributed by atoms with E-state index >= 15 is 0 Å². The van der Waals surface area contributed by atoms with Gasteiger partial charge in [-0.15, -0.1) is 0 Å². The summed E-state index contributed by atoms with van der Waals surface area (Å²) >= 11 is 5.99. The zero-order valence-electron chi connectivity index (χ0n) is 15.0. The second kappa shape index (κ2) is 12.0. The van der Waals surface area contributed by atoms with Crippen molar-refractivity contribution < 1.29 is 9.47 Å². The Bertz CT molecular complexity index is 574. The van der Waals surface area contributed by atoms with E-state index in [0.717, 1.165) is 37.7 Å². The lowest BCUT2D eigenvalue weighted by molar-refractivity contribution is 0.0371. The summed E-state index contributed by atoms with van der Waals surface area (Å²) in [5.74, 6) is 0. The van der Waals surface area contributed by atoms with Gasteiger partial charge in [-0.3, -0.25) is 4.90 Å². The van der Waals surface area contributed by atoms with Crippen LogP contribution in [0.4, 0.5) is 0 Å². The fraction of sp³-hybridized carbons (Fsp3) is 0.429. The maximum Gasteiger partial charge on any atom is 0.0701 e. The Morgan fingerprint density at radius 2 is 1.36 bits per heavy atom. The van der Waals surface area contributed by atoms with Gasteiger partial charge < -0.3 is 9.47 Å². The van der Waals surface area contributed by atoms with Gasteiger partial charge in [-0.1, -0.05) is 61.0 Å². The summed E-state index contributed by atoms with van der Waals surface area (Å²) in [7, 11) is 0. The van der Waals surface area contributed by atoms with Gasteiger partial charge in [0.1, 0.15) is 0 Å². The first-order valence-electron chi connectivity index (χ1n) is 8.94. The average Bonchev–Trinajstić information content (AvgIpc) is 2.63. The highest BCUT2D eigenvalue weighted by Crippen LogP contribution is 2.13. The summed E-state index contributed by atoms with van der Waals surface area (Å²) in [4.78, 5) is 2.39. The molecule has 0 spiro atoms. The van der Waals surface area contributed by atoms with Gasteiger partial charge in [-0.25, -0.2) is 0 Å². The van der Waals surface area contributed by atoms with E-state index in [2.05, 4.69) is 48.2 Å². The fourth-order valence-electron chi connectivity index (χ4n) is 2.56. The number of hydrogen-bond acceptors (Lipinski definition) is 3. The number of hydrogen-bond donors (Lipinski definition) is 0. The van der Waals surface area contributed by atoms with E-state index in [9.17, 15) is 0 Å². The lowest BCUT2D eigenvalue weighted by Gasteiger charge is -2.22. The van der Waals surface area contributed by atoms with Crippen LogP contribution < -0.4 is 0 Å². The highest BCUT2D eigenvalue weighted by Gasteiger charge is 2.07. The molecule has 2 rings (SSSR count). The number of halogens is 1. The second-order valence-corrected chi connectivity index (χ2v) is 6.48. The van der Waals surface area contributed by atoms with Crippen molar-refractivity contribution in [1.82, 2.24) is 4.90 Å². The molecule has 0 N–H and O–H groups in total. The second-order valence-electron chi connectivity index (χ2n) is 6.05. The Kier molecular flexibility index (Phi) is 9.60. The first-order chi connectivity index (χ1) is 12.3. The minimum Gasteiger partial charge on any atom is -0.379 e. The topological polar surface area (TPSA) is 21.7 Å². The van der Waals surface area contributed by atoms with E-state index in [0.29, 0.717) is 19.8 Å². The van der Waals surface area contributed by atoms with Crippen LogP contribution in [0.5, 0.6) is 0 Å². The average molecular weight is 362 g/mol. The lowest BCUT2D eigenvalue weighted by atomic mass is 10.1. The Balaban J connectivity index is 1.82. The molecule has 0 atom stereocenters. The zero-order chi connectivity index (χ0) is 17.7. The third-order valence-electron chi connectivity index (χ3n) is 3.84. The molecule has 0 radical (unpaired) electrons. The highest BCUT2D eigenvalue weighted by molar-refractivity contribution is 6.30. The number of rotatable bonds is 12. The molecule has 3 nitrogen and oxygen atoms in total. The third kappa shape index (κ3) is 8.50. The molecule has 0 aliphatic rings. The first-order valence-corrected chi connectivity index (χ1v) is 9.32. The molecule has 0 aliphatic carbocycles. The fourth-order valence-corrected chi connectivity index (χ4v) is 2.69. The van der Waals surface area contributed by atoms with Crippen LogP contribution in [0.3, 0.4) is 0 Å². The molecule has 0 aromatic heterocycles. The van der Waals surface area contributed by atoms with Crippen LogP contribution in [0, 0.1) is 0 Å². The lowest BCUT2D eigenvalue weighted by Crippen LogP contribution is -2.27. The normalized spacial score (nSPS) is 11.2. The van der Waals surface area contributed by atoms with Crippen LogP contribution >= 0.6 is 11.6 Å². The van der Waals surface area contributed by atoms with Crippen molar-refractivity contribution >= 4 is 11.6 Å². The molecule has 0 fully saturated rings.